The van der Waals surface area contributed by atoms with Gasteiger partial charge in [-0.1, -0.05) is 6.07 Å². The van der Waals surface area contributed by atoms with Gasteiger partial charge in [0.1, 0.15) is 5.75 Å². The average Bonchev–Trinajstić information content (AvgIpc) is 2.37. The van der Waals surface area contributed by atoms with Crippen LogP contribution in [0.1, 0.15) is 15.9 Å². The van der Waals surface area contributed by atoms with Crippen LogP contribution in [0.15, 0.2) is 41.3 Å². The standard InChI is InChI=1S/C13H9F3N2O3/c14-13(15,16)7-2-1-3-8(4-7)18-12(21)9-6-17-11(20)5-10(9)19/h1-6H,(H,18,21)(H2,17,19,20). The molecule has 0 saturated heterocycles. The monoisotopic (exact) mass is 298 g/mol. The molecule has 1 aromatic carbocycles. The minimum Gasteiger partial charge on any atom is -0.507 e. The van der Waals surface area contributed by atoms with Gasteiger partial charge in [0.2, 0.25) is 0 Å². The Balaban J connectivity index is 2.26. The maximum Gasteiger partial charge on any atom is 0.416 e. The number of hydrogen-bond donors (Lipinski definition) is 3. The topological polar surface area (TPSA) is 82.2 Å². The highest BCUT2D eigenvalue weighted by molar-refractivity contribution is 6.05. The molecular formula is C13H9F3N2O3. The van der Waals surface area contributed by atoms with Crippen molar-refractivity contribution in [3.63, 3.8) is 0 Å². The zero-order chi connectivity index (χ0) is 15.6. The third-order valence-electron chi connectivity index (χ3n) is 2.59. The quantitative estimate of drug-likeness (QED) is 0.796. The molecule has 0 unspecified atom stereocenters. The van der Waals surface area contributed by atoms with Crippen LogP contribution in [0.25, 0.3) is 0 Å². The fourth-order valence-electron chi connectivity index (χ4n) is 1.61. The van der Waals surface area contributed by atoms with Gasteiger partial charge >= 0.3 is 6.18 Å². The molecule has 0 bridgehead atoms. The second-order valence-corrected chi connectivity index (χ2v) is 4.13. The summed E-state index contributed by atoms with van der Waals surface area (Å²) in [4.78, 5) is 24.9. The largest absolute Gasteiger partial charge is 0.507 e. The third kappa shape index (κ3) is 3.41. The highest BCUT2D eigenvalue weighted by atomic mass is 19.4. The van der Waals surface area contributed by atoms with Crippen molar-refractivity contribution in [1.29, 1.82) is 0 Å². The third-order valence-corrected chi connectivity index (χ3v) is 2.59. The average molecular weight is 298 g/mol. The summed E-state index contributed by atoms with van der Waals surface area (Å²) in [7, 11) is 0. The van der Waals surface area contributed by atoms with Gasteiger partial charge in [0, 0.05) is 18.0 Å². The Kier molecular flexibility index (Phi) is 3.70. The number of carbonyl (C=O) groups excluding carboxylic acids is 1. The second-order valence-electron chi connectivity index (χ2n) is 4.13. The summed E-state index contributed by atoms with van der Waals surface area (Å²) in [6.07, 6.45) is -3.55. The van der Waals surface area contributed by atoms with E-state index >= 15 is 0 Å². The Hall–Kier alpha value is -2.77. The van der Waals surface area contributed by atoms with Crippen molar-refractivity contribution in [3.05, 3.63) is 58.0 Å². The van der Waals surface area contributed by atoms with Gasteiger partial charge < -0.3 is 15.4 Å². The first-order valence-electron chi connectivity index (χ1n) is 5.67. The van der Waals surface area contributed by atoms with Gasteiger partial charge in [0.15, 0.2) is 0 Å². The Morgan fingerprint density at radius 1 is 1.24 bits per heavy atom. The summed E-state index contributed by atoms with van der Waals surface area (Å²) >= 11 is 0. The second kappa shape index (κ2) is 5.31. The van der Waals surface area contributed by atoms with Crippen molar-refractivity contribution in [2.24, 2.45) is 0 Å². The molecule has 0 aliphatic heterocycles. The van der Waals surface area contributed by atoms with E-state index in [4.69, 9.17) is 0 Å². The van der Waals surface area contributed by atoms with Gasteiger partial charge in [-0.3, -0.25) is 9.59 Å². The van der Waals surface area contributed by atoms with E-state index in [0.717, 1.165) is 30.5 Å². The number of rotatable bonds is 2. The van der Waals surface area contributed by atoms with Crippen LogP contribution in [-0.2, 0) is 6.18 Å². The van der Waals surface area contributed by atoms with Crippen LogP contribution in [0.5, 0.6) is 5.75 Å². The number of aromatic nitrogens is 1. The van der Waals surface area contributed by atoms with E-state index in [1.54, 1.807) is 0 Å². The van der Waals surface area contributed by atoms with E-state index in [1.165, 1.54) is 6.07 Å². The Labute approximate surface area is 116 Å². The molecule has 2 aromatic rings. The minimum absolute atomic E-state index is 0.0829. The first kappa shape index (κ1) is 14.6. The lowest BCUT2D eigenvalue weighted by Gasteiger charge is -2.10. The molecule has 0 aliphatic carbocycles. The molecule has 0 atom stereocenters. The number of amides is 1. The Bertz CT molecular complexity index is 738. The number of pyridine rings is 1. The molecule has 1 heterocycles. The SMILES string of the molecule is O=C(Nc1cccc(C(F)(F)F)c1)c1c[nH]c(=O)cc1O. The van der Waals surface area contributed by atoms with Gasteiger partial charge in [0.25, 0.3) is 11.5 Å². The van der Waals surface area contributed by atoms with Gasteiger partial charge in [-0.15, -0.1) is 0 Å². The van der Waals surface area contributed by atoms with Crippen LogP contribution in [0.4, 0.5) is 18.9 Å². The van der Waals surface area contributed by atoms with E-state index in [-0.39, 0.29) is 11.3 Å². The lowest BCUT2D eigenvalue weighted by atomic mass is 10.2. The van der Waals surface area contributed by atoms with E-state index in [2.05, 4.69) is 10.3 Å². The van der Waals surface area contributed by atoms with Crippen LogP contribution in [0.3, 0.4) is 0 Å². The van der Waals surface area contributed by atoms with Gasteiger partial charge in [-0.05, 0) is 18.2 Å². The van der Waals surface area contributed by atoms with Crippen molar-refractivity contribution < 1.29 is 23.1 Å². The molecule has 0 radical (unpaired) electrons. The number of halogens is 3. The molecule has 2 rings (SSSR count). The number of hydrogen-bond acceptors (Lipinski definition) is 3. The van der Waals surface area contributed by atoms with Gasteiger partial charge in [-0.2, -0.15) is 13.2 Å². The van der Waals surface area contributed by atoms with E-state index < -0.39 is 29.0 Å². The summed E-state index contributed by atoms with van der Waals surface area (Å²) in [5.74, 6) is -1.41. The number of aromatic hydroxyl groups is 1. The number of anilines is 1. The summed E-state index contributed by atoms with van der Waals surface area (Å²) in [5, 5.41) is 11.7. The maximum atomic E-state index is 12.5. The normalized spacial score (nSPS) is 11.2. The number of benzene rings is 1. The van der Waals surface area contributed by atoms with Gasteiger partial charge in [0.05, 0.1) is 11.1 Å². The van der Waals surface area contributed by atoms with Crippen molar-refractivity contribution in [2.45, 2.75) is 6.18 Å². The van der Waals surface area contributed by atoms with E-state index in [9.17, 15) is 27.9 Å². The molecule has 21 heavy (non-hydrogen) atoms. The number of H-pyrrole nitrogens is 1. The summed E-state index contributed by atoms with van der Waals surface area (Å²) in [6, 6.07) is 4.84. The van der Waals surface area contributed by atoms with Crippen molar-refractivity contribution in [1.82, 2.24) is 4.98 Å². The Morgan fingerprint density at radius 2 is 1.95 bits per heavy atom. The van der Waals surface area contributed by atoms with E-state index in [1.807, 2.05) is 0 Å². The fourth-order valence-corrected chi connectivity index (χ4v) is 1.61. The molecule has 0 fully saturated rings. The molecule has 0 aliphatic rings. The number of carbonyl (C=O) groups is 1. The fraction of sp³-hybridized carbons (Fsp3) is 0.0769. The lowest BCUT2D eigenvalue weighted by molar-refractivity contribution is -0.137. The summed E-state index contributed by atoms with van der Waals surface area (Å²) in [6.45, 7) is 0. The highest BCUT2D eigenvalue weighted by Gasteiger charge is 2.30. The molecule has 1 amide bonds. The van der Waals surface area contributed by atoms with Crippen molar-refractivity contribution in [3.8, 4) is 5.75 Å². The van der Waals surface area contributed by atoms with Crippen LogP contribution in [0.2, 0.25) is 0 Å². The van der Waals surface area contributed by atoms with Crippen LogP contribution in [-0.4, -0.2) is 16.0 Å². The molecule has 3 N–H and O–H groups in total. The Morgan fingerprint density at radius 3 is 2.57 bits per heavy atom. The lowest BCUT2D eigenvalue weighted by Crippen LogP contribution is -2.15. The van der Waals surface area contributed by atoms with Crippen molar-refractivity contribution in [2.75, 3.05) is 5.32 Å². The maximum absolute atomic E-state index is 12.5. The molecule has 110 valence electrons. The molecule has 5 nitrogen and oxygen atoms in total. The zero-order valence-corrected chi connectivity index (χ0v) is 10.4. The van der Waals surface area contributed by atoms with Crippen LogP contribution < -0.4 is 10.9 Å². The first-order valence-corrected chi connectivity index (χ1v) is 5.67. The summed E-state index contributed by atoms with van der Waals surface area (Å²) < 4.78 is 37.6. The molecule has 1 aromatic heterocycles. The molecule has 8 heteroatoms. The smallest absolute Gasteiger partial charge is 0.416 e. The number of nitrogens with one attached hydrogen (secondary N) is 2. The first-order chi connectivity index (χ1) is 9.77. The van der Waals surface area contributed by atoms with E-state index in [0.29, 0.717) is 0 Å². The van der Waals surface area contributed by atoms with Crippen LogP contribution in [0, 0.1) is 0 Å². The highest BCUT2D eigenvalue weighted by Crippen LogP contribution is 2.30. The number of alkyl halides is 3. The predicted molar refractivity (Wildman–Crippen MR) is 68.1 cm³/mol. The summed E-state index contributed by atoms with van der Waals surface area (Å²) in [5.41, 5.74) is -1.86. The minimum atomic E-state index is -4.53. The molecule has 0 saturated carbocycles. The van der Waals surface area contributed by atoms with Crippen LogP contribution >= 0.6 is 0 Å². The number of aromatic amines is 1. The zero-order valence-electron chi connectivity index (χ0n) is 10.4. The van der Waals surface area contributed by atoms with Gasteiger partial charge in [-0.25, -0.2) is 0 Å². The predicted octanol–water partition coefficient (Wildman–Crippen LogP) is 2.35. The molecular weight excluding hydrogens is 289 g/mol. The van der Waals surface area contributed by atoms with Crippen molar-refractivity contribution >= 4 is 11.6 Å². The molecule has 0 spiro atoms.